The molecular weight excluding hydrogens is 737 g/mol. The fourth-order valence-electron chi connectivity index (χ4n) is 7.84. The van der Waals surface area contributed by atoms with Crippen molar-refractivity contribution in [3.05, 3.63) is 188 Å². The second-order valence-corrected chi connectivity index (χ2v) is 15.5. The molecule has 3 aromatic heterocycles. The fourth-order valence-corrected chi connectivity index (χ4v) is 7.84. The van der Waals surface area contributed by atoms with E-state index in [0.717, 1.165) is 33.3 Å². The molecule has 0 atom stereocenters. The summed E-state index contributed by atoms with van der Waals surface area (Å²) in [5.41, 5.74) is 5.75. The Balaban J connectivity index is 1.19. The summed E-state index contributed by atoms with van der Waals surface area (Å²) in [5.74, 6) is 1.87. The molecule has 0 unspecified atom stereocenters. The molecule has 7 nitrogen and oxygen atoms in total. The summed E-state index contributed by atoms with van der Waals surface area (Å²) in [6.07, 6.45) is 5.33. The molecule has 7 heteroatoms. The van der Waals surface area contributed by atoms with Gasteiger partial charge in [0.05, 0.1) is 62.8 Å². The molecular formula is C53H45N6O+. The van der Waals surface area contributed by atoms with Gasteiger partial charge < -0.3 is 9.64 Å². The first-order valence-corrected chi connectivity index (χ1v) is 19.4. The molecule has 0 radical (unpaired) electrons. The number of ether oxygens (including phenoxy) is 1. The van der Waals surface area contributed by atoms with Gasteiger partial charge in [-0.25, -0.2) is 4.98 Å². The number of pyridine rings is 1. The highest BCUT2D eigenvalue weighted by Gasteiger charge is 2.23. The van der Waals surface area contributed by atoms with Crippen LogP contribution in [0.2, 0.25) is 0 Å². The maximum Gasteiger partial charge on any atom is 0.269 e. The molecule has 3 heterocycles. The number of para-hydroxylation sites is 3. The average molecular weight is 792 g/mol. The van der Waals surface area contributed by atoms with Crippen LogP contribution in [0, 0.1) is 6.33 Å². The van der Waals surface area contributed by atoms with Gasteiger partial charge in [0.15, 0.2) is 0 Å². The van der Waals surface area contributed by atoms with Gasteiger partial charge in [-0.1, -0.05) is 115 Å². The molecule has 0 amide bonds. The van der Waals surface area contributed by atoms with Gasteiger partial charge in [0.25, 0.3) is 6.33 Å². The normalized spacial score (nSPS) is 14.1. The molecule has 0 spiro atoms. The first kappa shape index (κ1) is 27.3. The predicted molar refractivity (Wildman–Crippen MR) is 247 cm³/mol. The zero-order valence-corrected chi connectivity index (χ0v) is 33.6. The monoisotopic (exact) mass is 791 g/mol. The summed E-state index contributed by atoms with van der Waals surface area (Å²) < 4.78 is 101. The van der Waals surface area contributed by atoms with Crippen molar-refractivity contribution >= 4 is 44.2 Å². The van der Waals surface area contributed by atoms with E-state index in [2.05, 4.69) is 56.3 Å². The highest BCUT2D eigenvalue weighted by molar-refractivity contribution is 6.09. The summed E-state index contributed by atoms with van der Waals surface area (Å²) in [6.45, 7) is 0. The van der Waals surface area contributed by atoms with E-state index < -0.39 is 60.4 Å². The van der Waals surface area contributed by atoms with Gasteiger partial charge in [-0.15, -0.1) is 0 Å². The van der Waals surface area contributed by atoms with Gasteiger partial charge in [0.2, 0.25) is 0 Å². The molecule has 292 valence electrons. The van der Waals surface area contributed by atoms with Crippen LogP contribution in [-0.4, -0.2) is 49.4 Å². The molecule has 10 aromatic rings. The van der Waals surface area contributed by atoms with Crippen molar-refractivity contribution in [1.82, 2.24) is 18.6 Å². The first-order valence-electron chi connectivity index (χ1n) is 24.4. The fraction of sp³-hybridized carbons (Fsp3) is 0.0943. The number of hydrogen-bond donors (Lipinski definition) is 0. The number of nitrogens with zero attached hydrogens (tertiary/aromatic N) is 6. The highest BCUT2D eigenvalue weighted by Crippen LogP contribution is 2.38. The minimum Gasteiger partial charge on any atom is -0.458 e. The Morgan fingerprint density at radius 2 is 1.30 bits per heavy atom. The van der Waals surface area contributed by atoms with Crippen LogP contribution in [0.5, 0.6) is 11.5 Å². The smallest absolute Gasteiger partial charge is 0.269 e. The number of fused-ring (bicyclic) bond motifs is 4. The minimum atomic E-state index is -0.570. The zero-order valence-electron chi connectivity index (χ0n) is 43.6. The summed E-state index contributed by atoms with van der Waals surface area (Å²) >= 11 is 0. The molecule has 10 rings (SSSR count). The minimum absolute atomic E-state index is 0.136. The number of imidazole rings is 1. The standard InChI is InChI=1S/C53H45N6O/c1-55(2)48-27-16-28-49-53(48)57(52-43(37-17-8-6-9-18-37)24-15-25-44(52)38-19-10-7-11-20-38)36-56(49)39-21-14-22-41(33-39)60-42-29-30-46-45-23-12-13-26-47(45)58(50(46)35-42)51-34-40(31-32-54-51)59(3,4)5/h6-35H,1-5H3/q+1/i6D,7D,8D,9D,10D,11D,17D,18D,19D,20D. The van der Waals surface area contributed by atoms with Crippen molar-refractivity contribution in [2.24, 2.45) is 0 Å². The lowest BCUT2D eigenvalue weighted by molar-refractivity contribution is -0.570. The lowest BCUT2D eigenvalue weighted by Gasteiger charge is -2.23. The molecule has 0 bridgehead atoms. The van der Waals surface area contributed by atoms with Gasteiger partial charge in [-0.2, -0.15) is 0 Å². The Bertz CT molecular complexity index is 3660. The zero-order chi connectivity index (χ0) is 49.7. The number of hydrogen-bond acceptors (Lipinski definition) is 3. The summed E-state index contributed by atoms with van der Waals surface area (Å²) in [4.78, 5) is 6.72. The third-order valence-electron chi connectivity index (χ3n) is 10.6. The SMILES string of the molecule is [2H]c1c([2H])c([2H])c(-c2cccc(-c3c([2H])c([2H])c([2H])c([2H])c3[2H])c2-[n+]2[c-]n(-c3cccc(Oc4ccc5c6ccccc6n(-c6cc([N+](C)(C)C)ccn6)c5c4)c3)c3cccc(N(C)C)c32)c([2H])c1[2H]. The quantitative estimate of drug-likeness (QED) is 0.0830. The summed E-state index contributed by atoms with van der Waals surface area (Å²) in [6, 6.07) is 31.1. The van der Waals surface area contributed by atoms with Gasteiger partial charge in [0.1, 0.15) is 28.5 Å². The van der Waals surface area contributed by atoms with Crippen LogP contribution in [0.3, 0.4) is 0 Å². The van der Waals surface area contributed by atoms with E-state index in [1.165, 1.54) is 0 Å². The maximum atomic E-state index is 9.09. The molecule has 0 aliphatic carbocycles. The Morgan fingerprint density at radius 1 is 0.650 bits per heavy atom. The van der Waals surface area contributed by atoms with E-state index in [-0.39, 0.29) is 27.9 Å². The Hall–Kier alpha value is -7.48. The van der Waals surface area contributed by atoms with Gasteiger partial charge in [0, 0.05) is 55.0 Å². The number of benzene rings is 7. The number of rotatable bonds is 9. The van der Waals surface area contributed by atoms with E-state index in [4.69, 9.17) is 23.4 Å². The van der Waals surface area contributed by atoms with Crippen molar-refractivity contribution in [3.8, 4) is 50.9 Å². The van der Waals surface area contributed by atoms with Gasteiger partial charge >= 0.3 is 0 Å². The Kier molecular flexibility index (Phi) is 6.69. The molecule has 0 aliphatic rings. The lowest BCUT2D eigenvalue weighted by atomic mass is 9.95. The molecule has 0 fully saturated rings. The van der Waals surface area contributed by atoms with Crippen molar-refractivity contribution in [3.63, 3.8) is 0 Å². The Labute approximate surface area is 364 Å². The average Bonchev–Trinajstić information content (AvgIpc) is 3.90. The van der Waals surface area contributed by atoms with Crippen molar-refractivity contribution in [2.75, 3.05) is 40.1 Å². The summed E-state index contributed by atoms with van der Waals surface area (Å²) in [5, 5.41) is 2.11. The maximum absolute atomic E-state index is 9.09. The van der Waals surface area contributed by atoms with E-state index >= 15 is 0 Å². The predicted octanol–water partition coefficient (Wildman–Crippen LogP) is 11.6. The van der Waals surface area contributed by atoms with E-state index in [1.807, 2.05) is 103 Å². The van der Waals surface area contributed by atoms with E-state index in [1.54, 1.807) is 22.8 Å². The van der Waals surface area contributed by atoms with Crippen molar-refractivity contribution < 1.29 is 23.0 Å². The van der Waals surface area contributed by atoms with Crippen LogP contribution in [0.15, 0.2) is 182 Å². The van der Waals surface area contributed by atoms with Crippen LogP contribution in [-0.2, 0) is 0 Å². The van der Waals surface area contributed by atoms with Crippen LogP contribution >= 0.6 is 0 Å². The molecule has 7 aromatic carbocycles. The number of aromatic nitrogens is 4. The van der Waals surface area contributed by atoms with Crippen LogP contribution in [0.25, 0.3) is 72.3 Å². The molecule has 60 heavy (non-hydrogen) atoms. The first-order chi connectivity index (χ1) is 33.4. The van der Waals surface area contributed by atoms with Crippen LogP contribution in [0.4, 0.5) is 11.4 Å². The number of quaternary nitrogens is 1. The largest absolute Gasteiger partial charge is 0.458 e. The van der Waals surface area contributed by atoms with Crippen molar-refractivity contribution in [2.45, 2.75) is 0 Å². The third-order valence-corrected chi connectivity index (χ3v) is 10.6. The van der Waals surface area contributed by atoms with Crippen molar-refractivity contribution in [1.29, 1.82) is 0 Å². The number of anilines is 1. The van der Waals surface area contributed by atoms with Gasteiger partial charge in [-0.05, 0) is 64.7 Å². The van der Waals surface area contributed by atoms with E-state index in [0.29, 0.717) is 38.4 Å². The summed E-state index contributed by atoms with van der Waals surface area (Å²) in [7, 11) is 10.1. The second kappa shape index (κ2) is 14.7. The van der Waals surface area contributed by atoms with Crippen LogP contribution < -0.4 is 18.7 Å². The molecule has 0 N–H and O–H groups in total. The lowest BCUT2D eigenvalue weighted by Crippen LogP contribution is -2.34. The third kappa shape index (κ3) is 6.46. The topological polar surface area (TPSA) is 39.1 Å². The molecule has 0 saturated carbocycles. The Morgan fingerprint density at radius 3 is 2.02 bits per heavy atom. The molecule has 0 aliphatic heterocycles. The highest BCUT2D eigenvalue weighted by atomic mass is 16.5. The second-order valence-electron chi connectivity index (χ2n) is 15.5. The molecule has 0 saturated heterocycles. The van der Waals surface area contributed by atoms with E-state index in [9.17, 15) is 0 Å². The van der Waals surface area contributed by atoms with Crippen LogP contribution in [0.1, 0.15) is 13.7 Å². The van der Waals surface area contributed by atoms with Gasteiger partial charge in [-0.3, -0.25) is 18.2 Å².